The van der Waals surface area contributed by atoms with E-state index in [9.17, 15) is 9.59 Å². The van der Waals surface area contributed by atoms with Crippen LogP contribution in [0.2, 0.25) is 0 Å². The molecule has 0 bridgehead atoms. The molecular formula is C18H29N3O3. The van der Waals surface area contributed by atoms with Gasteiger partial charge in [0.2, 0.25) is 5.91 Å². The van der Waals surface area contributed by atoms with Gasteiger partial charge in [0.15, 0.2) is 0 Å². The molecule has 1 atom stereocenters. The largest absolute Gasteiger partial charge is 0.466 e. The summed E-state index contributed by atoms with van der Waals surface area (Å²) in [6.45, 7) is 2.59. The fraction of sp³-hybridized carbons (Fsp3) is 0.556. The Bertz CT molecular complexity index is 527. The molecule has 0 aliphatic rings. The zero-order valence-corrected chi connectivity index (χ0v) is 15.3. The Kier molecular flexibility index (Phi) is 8.26. The van der Waals surface area contributed by atoms with Gasteiger partial charge in [-0.2, -0.15) is 0 Å². The third-order valence-electron chi connectivity index (χ3n) is 3.77. The molecule has 24 heavy (non-hydrogen) atoms. The van der Waals surface area contributed by atoms with E-state index in [1.54, 1.807) is 6.92 Å². The molecule has 1 aromatic rings. The van der Waals surface area contributed by atoms with Gasteiger partial charge in [0.25, 0.3) is 0 Å². The maximum Gasteiger partial charge on any atom is 0.306 e. The lowest BCUT2D eigenvalue weighted by atomic mass is 10.1. The van der Waals surface area contributed by atoms with Crippen molar-refractivity contribution in [2.24, 2.45) is 0 Å². The van der Waals surface area contributed by atoms with Gasteiger partial charge in [0.05, 0.1) is 19.1 Å². The van der Waals surface area contributed by atoms with E-state index < -0.39 is 0 Å². The standard InChI is InChI=1S/C18H29N3O3/c1-6-24-18(23)12-11-17(22)19-13-16(21(4)5)14-7-9-15(10-8-14)20(2)3/h7-10,16H,6,11-13H2,1-5H3,(H,19,22)/t16-/m0/s1. The maximum atomic E-state index is 11.9. The van der Waals surface area contributed by atoms with Gasteiger partial charge in [0, 0.05) is 32.7 Å². The van der Waals surface area contributed by atoms with E-state index in [2.05, 4.69) is 34.5 Å². The van der Waals surface area contributed by atoms with Crippen LogP contribution in [0.25, 0.3) is 0 Å². The molecule has 1 rings (SSSR count). The number of amides is 1. The molecule has 134 valence electrons. The van der Waals surface area contributed by atoms with Crippen LogP contribution >= 0.6 is 0 Å². The topological polar surface area (TPSA) is 61.9 Å². The SMILES string of the molecule is CCOC(=O)CCC(=O)NC[C@@H](c1ccc(N(C)C)cc1)N(C)C. The minimum atomic E-state index is -0.337. The molecule has 6 nitrogen and oxygen atoms in total. The van der Waals surface area contributed by atoms with Gasteiger partial charge in [0.1, 0.15) is 0 Å². The summed E-state index contributed by atoms with van der Waals surface area (Å²) in [6, 6.07) is 8.35. The van der Waals surface area contributed by atoms with Crippen LogP contribution in [0, 0.1) is 0 Å². The highest BCUT2D eigenvalue weighted by Crippen LogP contribution is 2.20. The predicted molar refractivity (Wildman–Crippen MR) is 96.1 cm³/mol. The van der Waals surface area contributed by atoms with Gasteiger partial charge >= 0.3 is 5.97 Å². The lowest BCUT2D eigenvalue weighted by Gasteiger charge is -2.25. The highest BCUT2D eigenvalue weighted by molar-refractivity contribution is 5.81. The van der Waals surface area contributed by atoms with Crippen LogP contribution in [-0.4, -0.2) is 58.1 Å². The zero-order chi connectivity index (χ0) is 18.1. The van der Waals surface area contributed by atoms with Gasteiger partial charge in [-0.3, -0.25) is 9.59 Å². The van der Waals surface area contributed by atoms with Crippen LogP contribution in [-0.2, 0) is 14.3 Å². The molecule has 0 aromatic heterocycles. The van der Waals surface area contributed by atoms with E-state index in [0.29, 0.717) is 13.2 Å². The number of anilines is 1. The quantitative estimate of drug-likeness (QED) is 0.698. The summed E-state index contributed by atoms with van der Waals surface area (Å²) in [5.74, 6) is -0.476. The highest BCUT2D eigenvalue weighted by atomic mass is 16.5. The van der Waals surface area contributed by atoms with E-state index in [0.717, 1.165) is 11.3 Å². The number of nitrogens with zero attached hydrogens (tertiary/aromatic N) is 2. The van der Waals surface area contributed by atoms with Gasteiger partial charge in [-0.05, 0) is 38.7 Å². The summed E-state index contributed by atoms with van der Waals surface area (Å²) in [7, 11) is 7.97. The first-order valence-electron chi connectivity index (χ1n) is 8.21. The monoisotopic (exact) mass is 335 g/mol. The summed E-state index contributed by atoms with van der Waals surface area (Å²) in [5.41, 5.74) is 2.27. The minimum absolute atomic E-state index is 0.0766. The van der Waals surface area contributed by atoms with Crippen molar-refractivity contribution in [1.29, 1.82) is 0 Å². The summed E-state index contributed by atoms with van der Waals surface area (Å²) in [6.07, 6.45) is 0.266. The summed E-state index contributed by atoms with van der Waals surface area (Å²) >= 11 is 0. The van der Waals surface area contributed by atoms with Crippen LogP contribution in [0.1, 0.15) is 31.4 Å². The number of ether oxygens (including phenoxy) is 1. The number of hydrogen-bond donors (Lipinski definition) is 1. The van der Waals surface area contributed by atoms with Gasteiger partial charge in [-0.15, -0.1) is 0 Å². The summed E-state index contributed by atoms with van der Waals surface area (Å²) in [5, 5.41) is 2.90. The number of esters is 1. The number of carbonyl (C=O) groups excluding carboxylic acids is 2. The number of nitrogens with one attached hydrogen (secondary N) is 1. The molecule has 1 aromatic carbocycles. The van der Waals surface area contributed by atoms with E-state index in [4.69, 9.17) is 4.74 Å². The molecule has 0 heterocycles. The Hall–Kier alpha value is -2.08. The van der Waals surface area contributed by atoms with Crippen molar-refractivity contribution in [3.8, 4) is 0 Å². The van der Waals surface area contributed by atoms with Crippen molar-refractivity contribution in [2.75, 3.05) is 46.2 Å². The Labute approximate surface area is 144 Å². The molecule has 0 fully saturated rings. The fourth-order valence-corrected chi connectivity index (χ4v) is 2.34. The third-order valence-corrected chi connectivity index (χ3v) is 3.77. The lowest BCUT2D eigenvalue weighted by Crippen LogP contribution is -2.34. The van der Waals surface area contributed by atoms with Gasteiger partial charge < -0.3 is 19.9 Å². The Morgan fingerprint density at radius 3 is 2.21 bits per heavy atom. The van der Waals surface area contributed by atoms with Gasteiger partial charge in [-0.1, -0.05) is 12.1 Å². The highest BCUT2D eigenvalue weighted by Gasteiger charge is 2.16. The predicted octanol–water partition coefficient (Wildman–Crippen LogP) is 1.81. The number of likely N-dealkylation sites (N-methyl/N-ethyl adjacent to an activating group) is 1. The first kappa shape index (κ1) is 20.0. The Morgan fingerprint density at radius 1 is 1.08 bits per heavy atom. The normalized spacial score (nSPS) is 11.9. The summed E-state index contributed by atoms with van der Waals surface area (Å²) < 4.78 is 4.82. The summed E-state index contributed by atoms with van der Waals surface area (Å²) in [4.78, 5) is 27.3. The fourth-order valence-electron chi connectivity index (χ4n) is 2.34. The third kappa shape index (κ3) is 6.58. The van der Waals surface area contributed by atoms with Crippen molar-refractivity contribution in [2.45, 2.75) is 25.8 Å². The van der Waals surface area contributed by atoms with Crippen LogP contribution in [0.5, 0.6) is 0 Å². The van der Waals surface area contributed by atoms with Crippen molar-refractivity contribution >= 4 is 17.6 Å². The van der Waals surface area contributed by atoms with Crippen molar-refractivity contribution in [3.63, 3.8) is 0 Å². The first-order valence-corrected chi connectivity index (χ1v) is 8.21. The second-order valence-corrected chi connectivity index (χ2v) is 6.07. The molecule has 0 saturated carbocycles. The maximum absolute atomic E-state index is 11.9. The van der Waals surface area contributed by atoms with E-state index in [1.165, 1.54) is 0 Å². The average Bonchev–Trinajstić information content (AvgIpc) is 2.53. The molecule has 6 heteroatoms. The van der Waals surface area contributed by atoms with Crippen molar-refractivity contribution in [3.05, 3.63) is 29.8 Å². The van der Waals surface area contributed by atoms with E-state index >= 15 is 0 Å². The van der Waals surface area contributed by atoms with Gasteiger partial charge in [-0.25, -0.2) is 0 Å². The molecular weight excluding hydrogens is 306 g/mol. The average molecular weight is 335 g/mol. The van der Waals surface area contributed by atoms with Crippen LogP contribution in [0.4, 0.5) is 5.69 Å². The second-order valence-electron chi connectivity index (χ2n) is 6.07. The molecule has 0 saturated heterocycles. The smallest absolute Gasteiger partial charge is 0.306 e. The molecule has 0 radical (unpaired) electrons. The van der Waals surface area contributed by atoms with E-state index in [1.807, 2.05) is 33.1 Å². The Balaban J connectivity index is 2.57. The lowest BCUT2D eigenvalue weighted by molar-refractivity contribution is -0.144. The molecule has 0 spiro atoms. The number of carbonyl (C=O) groups is 2. The van der Waals surface area contributed by atoms with Crippen LogP contribution in [0.15, 0.2) is 24.3 Å². The van der Waals surface area contributed by atoms with E-state index in [-0.39, 0.29) is 30.8 Å². The minimum Gasteiger partial charge on any atom is -0.466 e. The molecule has 0 aliphatic heterocycles. The number of benzene rings is 1. The van der Waals surface area contributed by atoms with Crippen molar-refractivity contribution < 1.29 is 14.3 Å². The van der Waals surface area contributed by atoms with Crippen LogP contribution in [0.3, 0.4) is 0 Å². The molecule has 0 unspecified atom stereocenters. The molecule has 1 N–H and O–H groups in total. The van der Waals surface area contributed by atoms with Crippen LogP contribution < -0.4 is 10.2 Å². The second kappa shape index (κ2) is 9.93. The molecule has 0 aliphatic carbocycles. The van der Waals surface area contributed by atoms with Crippen molar-refractivity contribution in [1.82, 2.24) is 10.2 Å². The number of rotatable bonds is 9. The zero-order valence-electron chi connectivity index (χ0n) is 15.3. The molecule has 1 amide bonds. The first-order chi connectivity index (χ1) is 11.3. The number of hydrogen-bond acceptors (Lipinski definition) is 5. The Morgan fingerprint density at radius 2 is 1.71 bits per heavy atom.